The van der Waals surface area contributed by atoms with Crippen LogP contribution in [0.15, 0.2) is 23.2 Å². The highest BCUT2D eigenvalue weighted by atomic mass is 127. The van der Waals surface area contributed by atoms with Crippen LogP contribution in [0.4, 0.5) is 8.78 Å². The van der Waals surface area contributed by atoms with Gasteiger partial charge in [0.25, 0.3) is 0 Å². The van der Waals surface area contributed by atoms with Gasteiger partial charge >= 0.3 is 6.61 Å². The maximum Gasteiger partial charge on any atom is 0.387 e. The molecule has 0 spiro atoms. The number of guanidine groups is 1. The molecule has 2 rings (SSSR count). The Morgan fingerprint density at radius 1 is 1.29 bits per heavy atom. The van der Waals surface area contributed by atoms with Crippen LogP contribution in [0.25, 0.3) is 0 Å². The number of likely N-dealkylation sites (N-methyl/N-ethyl adjacent to an activating group) is 1. The van der Waals surface area contributed by atoms with E-state index in [-0.39, 0.29) is 35.3 Å². The topological polar surface area (TPSA) is 58.1 Å². The minimum atomic E-state index is -2.85. The molecule has 28 heavy (non-hydrogen) atoms. The predicted molar refractivity (Wildman–Crippen MR) is 118 cm³/mol. The molecule has 1 aliphatic heterocycles. The number of nitrogens with zero attached hydrogens (tertiary/aromatic N) is 2. The number of aryl methyl sites for hydroxylation is 1. The molecule has 0 aromatic heterocycles. The van der Waals surface area contributed by atoms with Gasteiger partial charge < -0.3 is 25.0 Å². The molecular weight excluding hydrogens is 481 g/mol. The Hall–Kier alpha value is -1.20. The van der Waals surface area contributed by atoms with Crippen molar-refractivity contribution < 1.29 is 18.3 Å². The third kappa shape index (κ3) is 7.00. The molecule has 0 bridgehead atoms. The van der Waals surface area contributed by atoms with Crippen molar-refractivity contribution in [2.75, 3.05) is 40.9 Å². The summed E-state index contributed by atoms with van der Waals surface area (Å²) in [5, 5.41) is 6.55. The summed E-state index contributed by atoms with van der Waals surface area (Å²) in [4.78, 5) is 6.47. The maximum absolute atomic E-state index is 12.6. The average Bonchev–Trinajstić information content (AvgIpc) is 2.64. The van der Waals surface area contributed by atoms with Crippen molar-refractivity contribution in [2.24, 2.45) is 4.99 Å². The zero-order valence-electron chi connectivity index (χ0n) is 16.9. The molecule has 0 unspecified atom stereocenters. The van der Waals surface area contributed by atoms with Gasteiger partial charge in [0.1, 0.15) is 5.75 Å². The van der Waals surface area contributed by atoms with Crippen molar-refractivity contribution in [3.63, 3.8) is 0 Å². The van der Waals surface area contributed by atoms with Gasteiger partial charge in [0.05, 0.1) is 0 Å². The predicted octanol–water partition coefficient (Wildman–Crippen LogP) is 2.99. The second-order valence-corrected chi connectivity index (χ2v) is 7.00. The smallest absolute Gasteiger partial charge is 0.387 e. The van der Waals surface area contributed by atoms with E-state index in [9.17, 15) is 8.78 Å². The van der Waals surface area contributed by atoms with Gasteiger partial charge in [0, 0.05) is 44.5 Å². The van der Waals surface area contributed by atoms with Gasteiger partial charge in [-0.05, 0) is 39.9 Å². The molecule has 2 N–H and O–H groups in total. The third-order valence-electron chi connectivity index (χ3n) is 5.06. The van der Waals surface area contributed by atoms with Gasteiger partial charge in [0.2, 0.25) is 0 Å². The Kier molecular flexibility index (Phi) is 10.4. The largest absolute Gasteiger partial charge is 0.434 e. The number of hydrogen-bond acceptors (Lipinski definition) is 4. The second kappa shape index (κ2) is 11.7. The summed E-state index contributed by atoms with van der Waals surface area (Å²) in [6, 6.07) is 5.15. The first-order chi connectivity index (χ1) is 12.9. The van der Waals surface area contributed by atoms with Crippen LogP contribution >= 0.6 is 24.0 Å². The first-order valence-corrected chi connectivity index (χ1v) is 9.10. The lowest BCUT2D eigenvalue weighted by Gasteiger charge is -2.43. The molecule has 0 amide bonds. The van der Waals surface area contributed by atoms with Gasteiger partial charge in [-0.2, -0.15) is 8.78 Å². The number of aliphatic imine (C=N–C) groups is 1. The number of halogens is 3. The molecule has 9 heteroatoms. The minimum Gasteiger partial charge on any atom is -0.434 e. The van der Waals surface area contributed by atoms with E-state index in [1.807, 2.05) is 13.0 Å². The van der Waals surface area contributed by atoms with E-state index in [1.165, 1.54) is 0 Å². The van der Waals surface area contributed by atoms with Crippen LogP contribution < -0.4 is 15.4 Å². The van der Waals surface area contributed by atoms with Gasteiger partial charge in [-0.25, -0.2) is 0 Å². The molecule has 1 heterocycles. The van der Waals surface area contributed by atoms with E-state index in [2.05, 4.69) is 39.4 Å². The molecule has 1 aliphatic rings. The fraction of sp³-hybridized carbons (Fsp3) is 0.632. The van der Waals surface area contributed by atoms with Crippen LogP contribution in [0.3, 0.4) is 0 Å². The first kappa shape index (κ1) is 24.8. The van der Waals surface area contributed by atoms with E-state index >= 15 is 0 Å². The summed E-state index contributed by atoms with van der Waals surface area (Å²) in [6.45, 7) is 1.60. The van der Waals surface area contributed by atoms with Gasteiger partial charge in [-0.3, -0.25) is 4.99 Å². The summed E-state index contributed by atoms with van der Waals surface area (Å²) in [6.07, 6.45) is 1.88. The number of hydrogen-bond donors (Lipinski definition) is 2. The van der Waals surface area contributed by atoms with Crippen molar-refractivity contribution >= 4 is 29.9 Å². The Morgan fingerprint density at radius 3 is 2.54 bits per heavy atom. The van der Waals surface area contributed by atoms with Gasteiger partial charge in [-0.15, -0.1) is 24.0 Å². The van der Waals surface area contributed by atoms with Gasteiger partial charge in [-0.1, -0.05) is 17.7 Å². The number of ether oxygens (including phenoxy) is 2. The monoisotopic (exact) mass is 512 g/mol. The molecule has 1 aromatic rings. The molecule has 0 atom stereocenters. The lowest BCUT2D eigenvalue weighted by molar-refractivity contribution is -0.0504. The SMILES string of the molecule is CN=C(NCc1cc(C)ccc1OC(F)F)NCC1(N(C)C)CCOCC1.I. The van der Waals surface area contributed by atoms with Gasteiger partial charge in [0.15, 0.2) is 5.96 Å². The Labute approximate surface area is 183 Å². The van der Waals surface area contributed by atoms with Crippen LogP contribution in [0.5, 0.6) is 5.75 Å². The maximum atomic E-state index is 12.6. The molecule has 0 radical (unpaired) electrons. The Bertz CT molecular complexity index is 638. The summed E-state index contributed by atoms with van der Waals surface area (Å²) in [7, 11) is 5.84. The summed E-state index contributed by atoms with van der Waals surface area (Å²) >= 11 is 0. The Balaban J connectivity index is 0.00000392. The van der Waals surface area contributed by atoms with Crippen LogP contribution in [0.1, 0.15) is 24.0 Å². The molecule has 1 aromatic carbocycles. The normalized spacial score (nSPS) is 16.6. The summed E-state index contributed by atoms with van der Waals surface area (Å²) < 4.78 is 35.3. The first-order valence-electron chi connectivity index (χ1n) is 9.10. The van der Waals surface area contributed by atoms with Crippen molar-refractivity contribution in [1.82, 2.24) is 15.5 Å². The number of rotatable bonds is 7. The number of nitrogens with one attached hydrogen (secondary N) is 2. The molecule has 6 nitrogen and oxygen atoms in total. The minimum absolute atomic E-state index is 0. The molecule has 160 valence electrons. The van der Waals surface area contributed by atoms with Crippen LogP contribution in [0, 0.1) is 6.92 Å². The van der Waals surface area contributed by atoms with Crippen molar-refractivity contribution in [3.8, 4) is 5.75 Å². The number of benzene rings is 1. The lowest BCUT2D eigenvalue weighted by Crippen LogP contribution is -2.57. The second-order valence-electron chi connectivity index (χ2n) is 7.00. The van der Waals surface area contributed by atoms with Crippen molar-refractivity contribution in [3.05, 3.63) is 29.3 Å². The highest BCUT2D eigenvalue weighted by Crippen LogP contribution is 2.25. The fourth-order valence-corrected chi connectivity index (χ4v) is 3.24. The summed E-state index contributed by atoms with van der Waals surface area (Å²) in [5.41, 5.74) is 1.64. The van der Waals surface area contributed by atoms with Crippen LogP contribution in [-0.4, -0.2) is 63.9 Å². The van der Waals surface area contributed by atoms with E-state index in [0.29, 0.717) is 18.1 Å². The lowest BCUT2D eigenvalue weighted by atomic mass is 9.88. The molecule has 0 saturated carbocycles. The van der Waals surface area contributed by atoms with E-state index < -0.39 is 6.61 Å². The van der Waals surface area contributed by atoms with Crippen molar-refractivity contribution in [2.45, 2.75) is 38.5 Å². The van der Waals surface area contributed by atoms with E-state index in [4.69, 9.17) is 4.74 Å². The van der Waals surface area contributed by atoms with Crippen molar-refractivity contribution in [1.29, 1.82) is 0 Å². The molecular formula is C19H31F2IN4O2. The fourth-order valence-electron chi connectivity index (χ4n) is 3.24. The summed E-state index contributed by atoms with van der Waals surface area (Å²) in [5.74, 6) is 0.792. The van der Waals surface area contributed by atoms with Crippen LogP contribution in [-0.2, 0) is 11.3 Å². The zero-order valence-corrected chi connectivity index (χ0v) is 19.3. The Morgan fingerprint density at radius 2 is 1.96 bits per heavy atom. The zero-order chi connectivity index (χ0) is 19.9. The highest BCUT2D eigenvalue weighted by Gasteiger charge is 2.34. The van der Waals surface area contributed by atoms with E-state index in [1.54, 1.807) is 19.2 Å². The number of alkyl halides is 2. The molecule has 0 aliphatic carbocycles. The average molecular weight is 512 g/mol. The molecule has 1 saturated heterocycles. The standard InChI is InChI=1S/C19H30F2N4O2.HI/c1-14-5-6-16(27-17(20)21)15(11-14)12-23-18(22-2)24-13-19(25(3)4)7-9-26-10-8-19;/h5-6,11,17H,7-10,12-13H2,1-4H3,(H2,22,23,24);1H. The third-order valence-corrected chi connectivity index (χ3v) is 5.06. The van der Waals surface area contributed by atoms with Crippen LogP contribution in [0.2, 0.25) is 0 Å². The highest BCUT2D eigenvalue weighted by molar-refractivity contribution is 14.0. The van der Waals surface area contributed by atoms with E-state index in [0.717, 1.165) is 38.2 Å². The molecule has 1 fully saturated rings. The quantitative estimate of drug-likeness (QED) is 0.335.